The second kappa shape index (κ2) is 5.55. The van der Waals surface area contributed by atoms with Crippen molar-refractivity contribution in [2.45, 2.75) is 33.4 Å². The molecule has 0 spiro atoms. The minimum Gasteiger partial charge on any atom is -0.454 e. The highest BCUT2D eigenvalue weighted by Gasteiger charge is 2.15. The molecule has 0 radical (unpaired) electrons. The zero-order valence-electron chi connectivity index (χ0n) is 12.3. The number of hydrogen-bond acceptors (Lipinski definition) is 5. The van der Waals surface area contributed by atoms with E-state index in [9.17, 15) is 0 Å². The first-order valence-electron chi connectivity index (χ1n) is 7.14. The van der Waals surface area contributed by atoms with Crippen LogP contribution in [0.5, 0.6) is 11.5 Å². The van der Waals surface area contributed by atoms with E-state index in [1.54, 1.807) is 0 Å². The maximum Gasteiger partial charge on any atom is 0.231 e. The summed E-state index contributed by atoms with van der Waals surface area (Å²) >= 11 is 0. The van der Waals surface area contributed by atoms with Crippen molar-refractivity contribution in [3.63, 3.8) is 0 Å². The van der Waals surface area contributed by atoms with Crippen molar-refractivity contribution in [3.8, 4) is 11.5 Å². The summed E-state index contributed by atoms with van der Waals surface area (Å²) < 4.78 is 12.6. The van der Waals surface area contributed by atoms with Crippen LogP contribution in [0.4, 0.5) is 11.5 Å². The molecule has 112 valence electrons. The zero-order chi connectivity index (χ0) is 14.8. The van der Waals surface area contributed by atoms with Crippen LogP contribution in [0.25, 0.3) is 0 Å². The quantitative estimate of drug-likeness (QED) is 0.884. The number of nitrogen functional groups attached to an aromatic ring is 1. The molecular formula is C15H20N4O2. The fraction of sp³-hybridized carbons (Fsp3) is 0.400. The van der Waals surface area contributed by atoms with Gasteiger partial charge in [0, 0.05) is 13.1 Å². The molecule has 0 atom stereocenters. The lowest BCUT2D eigenvalue weighted by Crippen LogP contribution is -2.09. The summed E-state index contributed by atoms with van der Waals surface area (Å²) in [6, 6.07) is 5.93. The third-order valence-electron chi connectivity index (χ3n) is 3.51. The summed E-state index contributed by atoms with van der Waals surface area (Å²) in [5.41, 5.74) is 8.78. The Morgan fingerprint density at radius 3 is 2.95 bits per heavy atom. The van der Waals surface area contributed by atoms with Crippen molar-refractivity contribution < 1.29 is 9.47 Å². The molecular weight excluding hydrogens is 268 g/mol. The molecule has 2 aromatic rings. The Hall–Kier alpha value is -2.37. The molecule has 0 fully saturated rings. The van der Waals surface area contributed by atoms with Gasteiger partial charge >= 0.3 is 0 Å². The normalized spacial score (nSPS) is 12.7. The highest BCUT2D eigenvalue weighted by molar-refractivity contribution is 5.64. The lowest BCUT2D eigenvalue weighted by molar-refractivity contribution is 0.174. The van der Waals surface area contributed by atoms with Gasteiger partial charge in [0.05, 0.1) is 11.4 Å². The number of fused-ring (bicyclic) bond motifs is 1. The fourth-order valence-corrected chi connectivity index (χ4v) is 2.39. The first-order valence-corrected chi connectivity index (χ1v) is 7.14. The molecule has 0 saturated heterocycles. The Morgan fingerprint density at radius 2 is 2.14 bits per heavy atom. The average Bonchev–Trinajstić information content (AvgIpc) is 3.03. The predicted octanol–water partition coefficient (Wildman–Crippen LogP) is 2.52. The molecule has 3 N–H and O–H groups in total. The van der Waals surface area contributed by atoms with Crippen molar-refractivity contribution in [1.82, 2.24) is 9.78 Å². The van der Waals surface area contributed by atoms with Crippen LogP contribution in [0.2, 0.25) is 0 Å². The number of rotatable bonds is 5. The molecule has 1 aromatic carbocycles. The first-order chi connectivity index (χ1) is 10.2. The van der Waals surface area contributed by atoms with Crippen molar-refractivity contribution in [2.75, 3.05) is 17.8 Å². The molecule has 1 aliphatic heterocycles. The number of nitrogens with one attached hydrogen (secondary N) is 1. The third kappa shape index (κ3) is 2.61. The van der Waals surface area contributed by atoms with Gasteiger partial charge in [0.2, 0.25) is 6.79 Å². The van der Waals surface area contributed by atoms with E-state index in [2.05, 4.69) is 17.3 Å². The Morgan fingerprint density at radius 1 is 1.33 bits per heavy atom. The highest BCUT2D eigenvalue weighted by Crippen LogP contribution is 2.33. The van der Waals surface area contributed by atoms with Gasteiger partial charge in [-0.05, 0) is 31.0 Å². The van der Waals surface area contributed by atoms with E-state index < -0.39 is 0 Å². The Labute approximate surface area is 123 Å². The molecule has 3 rings (SSSR count). The summed E-state index contributed by atoms with van der Waals surface area (Å²) in [5.74, 6) is 2.47. The number of benzene rings is 1. The van der Waals surface area contributed by atoms with Crippen molar-refractivity contribution in [1.29, 1.82) is 0 Å². The number of ether oxygens (including phenoxy) is 2. The Balaban J connectivity index is 1.75. The van der Waals surface area contributed by atoms with Crippen LogP contribution in [0.3, 0.4) is 0 Å². The van der Waals surface area contributed by atoms with Gasteiger partial charge in [-0.1, -0.05) is 13.0 Å². The fourth-order valence-electron chi connectivity index (χ4n) is 2.39. The van der Waals surface area contributed by atoms with Crippen LogP contribution in [0, 0.1) is 6.92 Å². The predicted molar refractivity (Wildman–Crippen MR) is 81.6 cm³/mol. The average molecular weight is 288 g/mol. The first kappa shape index (κ1) is 13.6. The lowest BCUT2D eigenvalue weighted by atomic mass is 10.2. The number of anilines is 2. The van der Waals surface area contributed by atoms with Gasteiger partial charge in [-0.25, -0.2) is 4.68 Å². The standard InChI is InChI=1S/C15H20N4O2/c1-3-6-19-15(14(16)10(2)18-19)17-8-11-4-5-12-13(7-11)21-9-20-12/h4-5,7,17H,3,6,8-9,16H2,1-2H3. The molecule has 1 aromatic heterocycles. The topological polar surface area (TPSA) is 74.3 Å². The zero-order valence-corrected chi connectivity index (χ0v) is 12.3. The number of aromatic nitrogens is 2. The van der Waals surface area contributed by atoms with E-state index in [4.69, 9.17) is 15.2 Å². The van der Waals surface area contributed by atoms with Crippen molar-refractivity contribution >= 4 is 11.5 Å². The summed E-state index contributed by atoms with van der Waals surface area (Å²) in [7, 11) is 0. The molecule has 2 heterocycles. The van der Waals surface area contributed by atoms with Gasteiger partial charge in [0.25, 0.3) is 0 Å². The molecule has 0 saturated carbocycles. The minimum atomic E-state index is 0.293. The van der Waals surface area contributed by atoms with Crippen LogP contribution in [0.1, 0.15) is 24.6 Å². The monoisotopic (exact) mass is 288 g/mol. The second-order valence-corrected chi connectivity index (χ2v) is 5.11. The van der Waals surface area contributed by atoms with E-state index in [0.717, 1.165) is 41.5 Å². The van der Waals surface area contributed by atoms with E-state index in [-0.39, 0.29) is 0 Å². The molecule has 1 aliphatic rings. The molecule has 21 heavy (non-hydrogen) atoms. The highest BCUT2D eigenvalue weighted by atomic mass is 16.7. The van der Waals surface area contributed by atoms with Gasteiger partial charge < -0.3 is 20.5 Å². The summed E-state index contributed by atoms with van der Waals surface area (Å²) in [6.45, 7) is 5.85. The van der Waals surface area contributed by atoms with Crippen LogP contribution < -0.4 is 20.5 Å². The van der Waals surface area contributed by atoms with Gasteiger partial charge in [-0.2, -0.15) is 5.10 Å². The molecule has 0 unspecified atom stereocenters. The lowest BCUT2D eigenvalue weighted by Gasteiger charge is -2.10. The summed E-state index contributed by atoms with van der Waals surface area (Å²) in [5, 5.41) is 7.83. The summed E-state index contributed by atoms with van der Waals surface area (Å²) in [6.07, 6.45) is 1.01. The maximum absolute atomic E-state index is 6.10. The van der Waals surface area contributed by atoms with E-state index in [1.165, 1.54) is 0 Å². The van der Waals surface area contributed by atoms with Crippen LogP contribution in [-0.2, 0) is 13.1 Å². The number of nitrogens with zero attached hydrogens (tertiary/aromatic N) is 2. The SMILES string of the molecule is CCCn1nc(C)c(N)c1NCc1ccc2c(c1)OCO2. The maximum atomic E-state index is 6.10. The van der Waals surface area contributed by atoms with Gasteiger partial charge in [0.1, 0.15) is 5.82 Å². The number of hydrogen-bond donors (Lipinski definition) is 2. The van der Waals surface area contributed by atoms with E-state index in [1.807, 2.05) is 29.8 Å². The Kier molecular flexibility index (Phi) is 3.60. The van der Waals surface area contributed by atoms with Gasteiger partial charge in [-0.15, -0.1) is 0 Å². The van der Waals surface area contributed by atoms with Gasteiger partial charge in [-0.3, -0.25) is 0 Å². The Bertz CT molecular complexity index is 651. The van der Waals surface area contributed by atoms with E-state index in [0.29, 0.717) is 19.0 Å². The molecule has 6 heteroatoms. The second-order valence-electron chi connectivity index (χ2n) is 5.11. The smallest absolute Gasteiger partial charge is 0.231 e. The molecule has 0 aliphatic carbocycles. The minimum absolute atomic E-state index is 0.293. The van der Waals surface area contributed by atoms with Crippen LogP contribution in [-0.4, -0.2) is 16.6 Å². The van der Waals surface area contributed by atoms with E-state index >= 15 is 0 Å². The largest absolute Gasteiger partial charge is 0.454 e. The molecule has 0 amide bonds. The van der Waals surface area contributed by atoms with Gasteiger partial charge in [0.15, 0.2) is 11.5 Å². The van der Waals surface area contributed by atoms with Crippen molar-refractivity contribution in [3.05, 3.63) is 29.5 Å². The van der Waals surface area contributed by atoms with Crippen LogP contribution in [0.15, 0.2) is 18.2 Å². The molecule has 6 nitrogen and oxygen atoms in total. The van der Waals surface area contributed by atoms with Crippen LogP contribution >= 0.6 is 0 Å². The summed E-state index contributed by atoms with van der Waals surface area (Å²) in [4.78, 5) is 0. The number of nitrogens with two attached hydrogens (primary N) is 1. The third-order valence-corrected chi connectivity index (χ3v) is 3.51. The van der Waals surface area contributed by atoms with Crippen molar-refractivity contribution in [2.24, 2.45) is 0 Å². The molecule has 0 bridgehead atoms. The number of aryl methyl sites for hydroxylation is 2.